The molecule has 3 rings (SSSR count). The summed E-state index contributed by atoms with van der Waals surface area (Å²) in [5.41, 5.74) is 6.24. The molecule has 0 radical (unpaired) electrons. The summed E-state index contributed by atoms with van der Waals surface area (Å²) in [4.78, 5) is 4.63. The van der Waals surface area contributed by atoms with Gasteiger partial charge in [-0.25, -0.2) is 0 Å². The summed E-state index contributed by atoms with van der Waals surface area (Å²) in [7, 11) is 0. The van der Waals surface area contributed by atoms with E-state index >= 15 is 0 Å². The monoisotopic (exact) mass is 370 g/mol. The lowest BCUT2D eigenvalue weighted by Crippen LogP contribution is -2.24. The van der Waals surface area contributed by atoms with E-state index in [0.29, 0.717) is 0 Å². The highest BCUT2D eigenvalue weighted by atomic mass is 27.2. The standard InChI is InChI=1S/C15H14N.C7H8N.C2H5.Al/c1-2-13-8-6-7-9-14(13)12-16-15-10-4-3-5-11-15;1-6-4-2-3-5-7(6)8;1-2;/h3-12H,1-2H2;2-5,8H,1H3;1H2,2H3;/q;-1;;+1. The van der Waals surface area contributed by atoms with Crippen LogP contribution in [0.5, 0.6) is 0 Å². The number of nitrogens with zero attached hydrogens (tertiary/aromatic N) is 1. The van der Waals surface area contributed by atoms with Crippen molar-refractivity contribution >= 4 is 32.0 Å². The Balaban J connectivity index is 1.66. The van der Waals surface area contributed by atoms with E-state index in [0.717, 1.165) is 12.1 Å². The summed E-state index contributed by atoms with van der Waals surface area (Å²) in [5, 5.41) is 2.48. The molecule has 27 heavy (non-hydrogen) atoms. The fraction of sp³-hybridized carbons (Fsp3) is 0.208. The van der Waals surface area contributed by atoms with E-state index in [9.17, 15) is 0 Å². The SMILES string of the molecule is C[CH2][Al]([CH2]Cc1ccccc1C=Nc1ccccc1)[NH]c1ccccc1C. The number of rotatable bonds is 8. The summed E-state index contributed by atoms with van der Waals surface area (Å²) < 4.78 is 3.85. The van der Waals surface area contributed by atoms with Crippen LogP contribution in [0.2, 0.25) is 10.6 Å². The molecule has 0 saturated heterocycles. The van der Waals surface area contributed by atoms with Gasteiger partial charge in [-0.3, -0.25) is 4.99 Å². The number of nitrogens with one attached hydrogen (secondary N) is 1. The van der Waals surface area contributed by atoms with Crippen molar-refractivity contribution in [1.82, 2.24) is 0 Å². The third-order valence-electron chi connectivity index (χ3n) is 4.92. The molecule has 136 valence electrons. The Morgan fingerprint density at radius 3 is 2.37 bits per heavy atom. The average Bonchev–Trinajstić information content (AvgIpc) is 2.72. The lowest BCUT2D eigenvalue weighted by atomic mass is 10.1. The molecule has 0 heterocycles. The molecule has 0 bridgehead atoms. The second-order valence-corrected chi connectivity index (χ2v) is 9.97. The van der Waals surface area contributed by atoms with Crippen LogP contribution in [0.25, 0.3) is 0 Å². The van der Waals surface area contributed by atoms with Crippen molar-refractivity contribution in [2.24, 2.45) is 4.99 Å². The van der Waals surface area contributed by atoms with Crippen molar-refractivity contribution in [2.45, 2.75) is 30.8 Å². The van der Waals surface area contributed by atoms with E-state index in [4.69, 9.17) is 0 Å². The van der Waals surface area contributed by atoms with Crippen molar-refractivity contribution in [1.29, 1.82) is 0 Å². The predicted octanol–water partition coefficient (Wildman–Crippen LogP) is 6.41. The first-order chi connectivity index (χ1) is 13.3. The van der Waals surface area contributed by atoms with Gasteiger partial charge in [0.2, 0.25) is 0 Å². The molecule has 3 heteroatoms. The first-order valence-electron chi connectivity index (χ1n) is 9.75. The molecule has 2 nitrogen and oxygen atoms in total. The van der Waals surface area contributed by atoms with Crippen LogP contribution in [-0.2, 0) is 6.42 Å². The van der Waals surface area contributed by atoms with Crippen LogP contribution in [0, 0.1) is 6.92 Å². The van der Waals surface area contributed by atoms with Gasteiger partial charge in [-0.15, -0.1) is 0 Å². The number of anilines is 1. The maximum atomic E-state index is 4.63. The van der Waals surface area contributed by atoms with Crippen molar-refractivity contribution in [3.05, 3.63) is 95.6 Å². The van der Waals surface area contributed by atoms with E-state index in [1.807, 2.05) is 36.5 Å². The van der Waals surface area contributed by atoms with Crippen LogP contribution >= 0.6 is 0 Å². The number of benzene rings is 3. The maximum absolute atomic E-state index is 4.63. The topological polar surface area (TPSA) is 24.4 Å². The summed E-state index contributed by atoms with van der Waals surface area (Å²) in [5.74, 6) is 0. The van der Waals surface area contributed by atoms with Gasteiger partial charge in [0.15, 0.2) is 0 Å². The van der Waals surface area contributed by atoms with Gasteiger partial charge in [-0.2, -0.15) is 0 Å². The van der Waals surface area contributed by atoms with Gasteiger partial charge >= 0.3 is 14.4 Å². The lowest BCUT2D eigenvalue weighted by Gasteiger charge is -2.16. The Kier molecular flexibility index (Phi) is 7.28. The minimum absolute atomic E-state index is 0.995. The molecule has 0 aliphatic rings. The minimum Gasteiger partial charge on any atom is -0.476 e. The van der Waals surface area contributed by atoms with E-state index < -0.39 is 14.4 Å². The van der Waals surface area contributed by atoms with Crippen LogP contribution in [0.4, 0.5) is 11.4 Å². The van der Waals surface area contributed by atoms with Crippen LogP contribution < -0.4 is 4.30 Å². The predicted molar refractivity (Wildman–Crippen MR) is 120 cm³/mol. The molecule has 1 N–H and O–H groups in total. The van der Waals surface area contributed by atoms with Crippen molar-refractivity contribution in [2.75, 3.05) is 4.30 Å². The molecule has 0 aliphatic heterocycles. The fourth-order valence-corrected chi connectivity index (χ4v) is 5.39. The molecule has 0 aromatic heterocycles. The fourth-order valence-electron chi connectivity index (χ4n) is 3.21. The van der Waals surface area contributed by atoms with E-state index in [1.54, 1.807) is 0 Å². The number of hydrogen-bond donors (Lipinski definition) is 1. The summed E-state index contributed by atoms with van der Waals surface area (Å²) >= 11 is -1.03. The molecule has 0 saturated carbocycles. The highest BCUT2D eigenvalue weighted by Gasteiger charge is 2.17. The Morgan fingerprint density at radius 1 is 0.889 bits per heavy atom. The van der Waals surface area contributed by atoms with Crippen molar-refractivity contribution in [3.8, 4) is 0 Å². The molecule has 0 aliphatic carbocycles. The Bertz CT molecular complexity index is 874. The van der Waals surface area contributed by atoms with Gasteiger partial charge in [0.1, 0.15) is 0 Å². The van der Waals surface area contributed by atoms with Crippen molar-refractivity contribution in [3.63, 3.8) is 0 Å². The minimum atomic E-state index is -1.03. The third-order valence-corrected chi connectivity index (χ3v) is 7.61. The van der Waals surface area contributed by atoms with E-state index in [2.05, 4.69) is 71.7 Å². The van der Waals surface area contributed by atoms with Crippen LogP contribution in [0.15, 0.2) is 83.9 Å². The van der Waals surface area contributed by atoms with Gasteiger partial charge in [-0.1, -0.05) is 78.2 Å². The normalized spacial score (nSPS) is 10.9. The average molecular weight is 370 g/mol. The van der Waals surface area contributed by atoms with Crippen LogP contribution in [-0.4, -0.2) is 20.6 Å². The zero-order valence-electron chi connectivity index (χ0n) is 16.2. The number of para-hydroxylation sites is 2. The molecule has 0 unspecified atom stereocenters. The molecule has 0 fully saturated rings. The summed E-state index contributed by atoms with van der Waals surface area (Å²) in [6.45, 7) is 4.49. The zero-order valence-corrected chi connectivity index (χ0v) is 17.4. The highest BCUT2D eigenvalue weighted by Crippen LogP contribution is 2.18. The Hall–Kier alpha value is -2.34. The molecule has 3 aromatic rings. The van der Waals surface area contributed by atoms with Gasteiger partial charge in [0.25, 0.3) is 0 Å². The Labute approximate surface area is 167 Å². The molecular formula is C24H27AlN2. The number of hydrogen-bond acceptors (Lipinski definition) is 2. The first-order valence-corrected chi connectivity index (χ1v) is 12.0. The van der Waals surface area contributed by atoms with Crippen molar-refractivity contribution < 1.29 is 0 Å². The van der Waals surface area contributed by atoms with Crippen LogP contribution in [0.3, 0.4) is 0 Å². The highest BCUT2D eigenvalue weighted by molar-refractivity contribution is 6.62. The molecular weight excluding hydrogens is 343 g/mol. The zero-order chi connectivity index (χ0) is 18.9. The molecule has 0 amide bonds. The smallest absolute Gasteiger partial charge is 0.411 e. The summed E-state index contributed by atoms with van der Waals surface area (Å²) in [6, 6.07) is 27.4. The lowest BCUT2D eigenvalue weighted by molar-refractivity contribution is 1.09. The number of aryl methyl sites for hydroxylation is 2. The van der Waals surface area contributed by atoms with Crippen LogP contribution in [0.1, 0.15) is 23.6 Å². The molecule has 3 aromatic carbocycles. The van der Waals surface area contributed by atoms with Gasteiger partial charge in [0.05, 0.1) is 5.69 Å². The third kappa shape index (κ3) is 5.82. The summed E-state index contributed by atoms with van der Waals surface area (Å²) in [6.07, 6.45) is 3.10. The Morgan fingerprint density at radius 2 is 1.59 bits per heavy atom. The second kappa shape index (κ2) is 10.1. The van der Waals surface area contributed by atoms with Gasteiger partial charge in [-0.05, 0) is 48.2 Å². The van der Waals surface area contributed by atoms with Gasteiger partial charge in [0, 0.05) is 11.9 Å². The van der Waals surface area contributed by atoms with Gasteiger partial charge < -0.3 is 4.30 Å². The first kappa shape index (κ1) is 19.4. The van der Waals surface area contributed by atoms with E-state index in [-0.39, 0.29) is 0 Å². The second-order valence-electron chi connectivity index (χ2n) is 6.90. The quantitative estimate of drug-likeness (QED) is 0.359. The molecule has 0 atom stereocenters. The van der Waals surface area contributed by atoms with E-state index in [1.165, 1.54) is 32.9 Å². The number of aliphatic imine (C=N–C) groups is 1. The maximum Gasteiger partial charge on any atom is 0.411 e. The largest absolute Gasteiger partial charge is 0.476 e. The molecule has 0 spiro atoms.